The summed E-state index contributed by atoms with van der Waals surface area (Å²) in [5.41, 5.74) is 0. The largest absolute Gasteiger partial charge is 0.394 e. The van der Waals surface area contributed by atoms with Gasteiger partial charge in [-0.1, -0.05) is 167 Å². The second-order valence-corrected chi connectivity index (χ2v) is 14.2. The smallest absolute Gasteiger partial charge is 0.103 e. The quantitative estimate of drug-likeness (QED) is 0.0389. The number of hydrogen-bond donors (Lipinski definition) is 4. The molecule has 0 aliphatic rings. The summed E-state index contributed by atoms with van der Waals surface area (Å²) in [5, 5.41) is 40.1. The van der Waals surface area contributed by atoms with Gasteiger partial charge in [0.15, 0.2) is 0 Å². The number of unbranched alkanes of at least 4 members (excludes halogenated alkanes) is 24. The Balaban J connectivity index is 4.02. The van der Waals surface area contributed by atoms with Gasteiger partial charge in [0.1, 0.15) is 12.2 Å². The molecule has 0 fully saturated rings. The number of aliphatic hydroxyl groups is 4. The van der Waals surface area contributed by atoms with Gasteiger partial charge in [-0.05, 0) is 64.2 Å². The SMILES string of the molecule is CCCCCCCCC=CCCCCCCCCC(OC(CCCCCCCCC=CCCCCCCCC)C(O)CO)C(O)CO. The van der Waals surface area contributed by atoms with E-state index in [-0.39, 0.29) is 13.2 Å². The Bertz CT molecular complexity index is 597. The van der Waals surface area contributed by atoms with E-state index < -0.39 is 24.4 Å². The number of ether oxygens (including phenoxy) is 1. The van der Waals surface area contributed by atoms with Crippen LogP contribution in [0.1, 0.15) is 206 Å². The zero-order valence-electron chi connectivity index (χ0n) is 31.4. The number of hydrogen-bond acceptors (Lipinski definition) is 5. The lowest BCUT2D eigenvalue weighted by molar-refractivity contribution is -0.137. The first kappa shape index (κ1) is 46.3. The van der Waals surface area contributed by atoms with Gasteiger partial charge in [-0.15, -0.1) is 0 Å². The van der Waals surface area contributed by atoms with Crippen molar-refractivity contribution in [1.82, 2.24) is 0 Å². The minimum Gasteiger partial charge on any atom is -0.394 e. The minimum atomic E-state index is -0.966. The second-order valence-electron chi connectivity index (χ2n) is 14.2. The Morgan fingerprint density at radius 1 is 0.383 bits per heavy atom. The van der Waals surface area contributed by atoms with Crippen molar-refractivity contribution in [3.8, 4) is 0 Å². The Labute approximate surface area is 293 Å². The maximum absolute atomic E-state index is 10.4. The van der Waals surface area contributed by atoms with Gasteiger partial charge in [0.2, 0.25) is 0 Å². The third kappa shape index (κ3) is 32.3. The van der Waals surface area contributed by atoms with E-state index in [4.69, 9.17) is 4.74 Å². The van der Waals surface area contributed by atoms with Crippen molar-refractivity contribution >= 4 is 0 Å². The summed E-state index contributed by atoms with van der Waals surface area (Å²) in [6.07, 6.45) is 42.7. The molecule has 0 aromatic carbocycles. The topological polar surface area (TPSA) is 90.2 Å². The molecule has 0 aromatic rings. The fourth-order valence-electron chi connectivity index (χ4n) is 6.35. The Morgan fingerprint density at radius 2 is 0.638 bits per heavy atom. The minimum absolute atomic E-state index is 0.354. The van der Waals surface area contributed by atoms with Crippen LogP contribution in [0.5, 0.6) is 0 Å². The van der Waals surface area contributed by atoms with E-state index in [2.05, 4.69) is 38.2 Å². The van der Waals surface area contributed by atoms with Crippen molar-refractivity contribution in [2.45, 2.75) is 231 Å². The molecule has 0 saturated carbocycles. The van der Waals surface area contributed by atoms with E-state index in [1.54, 1.807) is 0 Å². The summed E-state index contributed by atoms with van der Waals surface area (Å²) in [6, 6.07) is 0. The van der Waals surface area contributed by atoms with Gasteiger partial charge in [-0.2, -0.15) is 0 Å². The predicted molar refractivity (Wildman–Crippen MR) is 203 cm³/mol. The van der Waals surface area contributed by atoms with Gasteiger partial charge in [-0.25, -0.2) is 0 Å². The van der Waals surface area contributed by atoms with Gasteiger partial charge in [-0.3, -0.25) is 0 Å². The Hall–Kier alpha value is -0.720. The molecule has 0 radical (unpaired) electrons. The van der Waals surface area contributed by atoms with Crippen molar-refractivity contribution in [1.29, 1.82) is 0 Å². The van der Waals surface area contributed by atoms with Gasteiger partial charge >= 0.3 is 0 Å². The van der Waals surface area contributed by atoms with Crippen molar-refractivity contribution in [2.75, 3.05) is 13.2 Å². The molecule has 0 rings (SSSR count). The molecule has 0 aromatic heterocycles. The van der Waals surface area contributed by atoms with Crippen LogP contribution < -0.4 is 0 Å². The van der Waals surface area contributed by atoms with Crippen LogP contribution in [0.2, 0.25) is 0 Å². The van der Waals surface area contributed by atoms with Crippen LogP contribution in [-0.4, -0.2) is 58.1 Å². The predicted octanol–water partition coefficient (Wildman–Crippen LogP) is 11.3. The highest BCUT2D eigenvalue weighted by molar-refractivity contribution is 4.82. The fraction of sp³-hybridized carbons (Fsp3) is 0.905. The van der Waals surface area contributed by atoms with Crippen LogP contribution in [-0.2, 0) is 4.74 Å². The first-order valence-electron chi connectivity index (χ1n) is 20.6. The van der Waals surface area contributed by atoms with Gasteiger partial charge in [0, 0.05) is 0 Å². The highest BCUT2D eigenvalue weighted by Crippen LogP contribution is 2.20. The van der Waals surface area contributed by atoms with Crippen LogP contribution in [0.25, 0.3) is 0 Å². The summed E-state index contributed by atoms with van der Waals surface area (Å²) < 4.78 is 6.17. The number of allylic oxidation sites excluding steroid dienone is 4. The maximum atomic E-state index is 10.4. The summed E-state index contributed by atoms with van der Waals surface area (Å²) in [6.45, 7) is 3.82. The van der Waals surface area contributed by atoms with Crippen LogP contribution in [0, 0.1) is 0 Å². The monoisotopic (exact) mass is 667 g/mol. The highest BCUT2D eigenvalue weighted by Gasteiger charge is 2.27. The molecule has 280 valence electrons. The molecule has 0 aliphatic heterocycles. The molecular weight excluding hydrogens is 584 g/mol. The van der Waals surface area contributed by atoms with E-state index in [9.17, 15) is 20.4 Å². The zero-order chi connectivity index (χ0) is 34.5. The average Bonchev–Trinajstić information content (AvgIpc) is 3.09. The van der Waals surface area contributed by atoms with Crippen LogP contribution in [0.15, 0.2) is 24.3 Å². The Kier molecular flexibility index (Phi) is 37.5. The molecule has 0 amide bonds. The lowest BCUT2D eigenvalue weighted by Gasteiger charge is -2.30. The molecule has 5 heteroatoms. The summed E-state index contributed by atoms with van der Waals surface area (Å²) >= 11 is 0. The van der Waals surface area contributed by atoms with E-state index in [1.807, 2.05) is 0 Å². The third-order valence-electron chi connectivity index (χ3n) is 9.58. The molecular formula is C42H82O5. The molecule has 4 N–H and O–H groups in total. The number of aliphatic hydroxyl groups excluding tert-OH is 4. The summed E-state index contributed by atoms with van der Waals surface area (Å²) in [4.78, 5) is 0. The first-order valence-corrected chi connectivity index (χ1v) is 20.6. The molecule has 0 bridgehead atoms. The van der Waals surface area contributed by atoms with E-state index in [0.29, 0.717) is 12.8 Å². The molecule has 0 heterocycles. The molecule has 0 aliphatic carbocycles. The fourth-order valence-corrected chi connectivity index (χ4v) is 6.35. The molecule has 47 heavy (non-hydrogen) atoms. The normalized spacial score (nSPS) is 14.8. The summed E-state index contributed by atoms with van der Waals surface area (Å²) in [5.74, 6) is 0. The molecule has 4 atom stereocenters. The molecule has 5 nitrogen and oxygen atoms in total. The molecule has 4 unspecified atom stereocenters. The average molecular weight is 667 g/mol. The van der Waals surface area contributed by atoms with E-state index in [0.717, 1.165) is 25.7 Å². The second kappa shape index (κ2) is 38.1. The van der Waals surface area contributed by atoms with Crippen LogP contribution in [0.3, 0.4) is 0 Å². The molecule has 0 saturated heterocycles. The van der Waals surface area contributed by atoms with Crippen molar-refractivity contribution in [2.24, 2.45) is 0 Å². The summed E-state index contributed by atoms with van der Waals surface area (Å²) in [7, 11) is 0. The van der Waals surface area contributed by atoms with Crippen LogP contribution in [0.4, 0.5) is 0 Å². The lowest BCUT2D eigenvalue weighted by atomic mass is 10.0. The van der Waals surface area contributed by atoms with Crippen LogP contribution >= 0.6 is 0 Å². The van der Waals surface area contributed by atoms with E-state index in [1.165, 1.54) is 154 Å². The zero-order valence-corrected chi connectivity index (χ0v) is 31.4. The first-order chi connectivity index (χ1) is 23.1. The van der Waals surface area contributed by atoms with E-state index >= 15 is 0 Å². The van der Waals surface area contributed by atoms with Gasteiger partial charge in [0.05, 0.1) is 25.4 Å². The van der Waals surface area contributed by atoms with Crippen molar-refractivity contribution < 1.29 is 25.2 Å². The number of rotatable bonds is 38. The Morgan fingerprint density at radius 3 is 0.915 bits per heavy atom. The third-order valence-corrected chi connectivity index (χ3v) is 9.58. The maximum Gasteiger partial charge on any atom is 0.103 e. The molecule has 0 spiro atoms. The van der Waals surface area contributed by atoms with Crippen molar-refractivity contribution in [3.05, 3.63) is 24.3 Å². The van der Waals surface area contributed by atoms with Gasteiger partial charge in [0.25, 0.3) is 0 Å². The lowest BCUT2D eigenvalue weighted by Crippen LogP contribution is -2.41. The van der Waals surface area contributed by atoms with Crippen molar-refractivity contribution in [3.63, 3.8) is 0 Å². The standard InChI is InChI=1S/C42H82O5/c1-3-5-7-9-11-13-15-17-19-21-23-25-27-29-31-33-35-41(39(45)37-43)47-42(40(46)38-44)36-34-32-30-28-26-24-22-20-18-16-14-12-10-8-6-4-2/h17-20,39-46H,3-16,21-38H2,1-2H3. The highest BCUT2D eigenvalue weighted by atomic mass is 16.5. The van der Waals surface area contributed by atoms with Gasteiger partial charge < -0.3 is 25.2 Å².